The van der Waals surface area contributed by atoms with Gasteiger partial charge in [-0.15, -0.1) is 0 Å². The predicted molar refractivity (Wildman–Crippen MR) is 69.7 cm³/mol. The van der Waals surface area contributed by atoms with E-state index in [1.807, 2.05) is 43.3 Å². The molecule has 0 bridgehead atoms. The molecule has 0 unspecified atom stereocenters. The summed E-state index contributed by atoms with van der Waals surface area (Å²) in [6, 6.07) is 5.91. The van der Waals surface area contributed by atoms with Gasteiger partial charge in [-0.25, -0.2) is 4.98 Å². The van der Waals surface area contributed by atoms with Crippen LogP contribution in [0.25, 0.3) is 0 Å². The molecule has 0 aliphatic heterocycles. The van der Waals surface area contributed by atoms with Crippen molar-refractivity contribution in [2.45, 2.75) is 13.5 Å². The molecule has 0 saturated heterocycles. The Kier molecular flexibility index (Phi) is 3.23. The minimum atomic E-state index is 0.710. The van der Waals surface area contributed by atoms with Crippen molar-refractivity contribution in [1.82, 2.24) is 9.97 Å². The Hall–Kier alpha value is -2.10. The number of nitrogen functional groups attached to an aromatic ring is 1. The standard InChI is InChI=1S/C13H16N4/c1-10-7-12(14)13(16-8-10)17(2)9-11-3-5-15-6-4-11/h3-8H,9,14H2,1-2H3. The molecule has 0 spiro atoms. The summed E-state index contributed by atoms with van der Waals surface area (Å²) < 4.78 is 0. The van der Waals surface area contributed by atoms with Crippen LogP contribution in [-0.2, 0) is 6.54 Å². The molecule has 2 aromatic rings. The van der Waals surface area contributed by atoms with Crippen molar-refractivity contribution in [2.24, 2.45) is 0 Å². The second kappa shape index (κ2) is 4.82. The van der Waals surface area contributed by atoms with Gasteiger partial charge in [-0.3, -0.25) is 4.98 Å². The van der Waals surface area contributed by atoms with Crippen LogP contribution in [-0.4, -0.2) is 17.0 Å². The molecule has 4 nitrogen and oxygen atoms in total. The maximum absolute atomic E-state index is 5.96. The summed E-state index contributed by atoms with van der Waals surface area (Å²) in [5.41, 5.74) is 8.93. The van der Waals surface area contributed by atoms with Crippen molar-refractivity contribution in [1.29, 1.82) is 0 Å². The van der Waals surface area contributed by atoms with Crippen LogP contribution in [0.1, 0.15) is 11.1 Å². The van der Waals surface area contributed by atoms with Gasteiger partial charge in [0.2, 0.25) is 0 Å². The average Bonchev–Trinajstić information content (AvgIpc) is 2.30. The number of anilines is 2. The van der Waals surface area contributed by atoms with Crippen molar-refractivity contribution in [3.8, 4) is 0 Å². The number of pyridine rings is 2. The number of hydrogen-bond acceptors (Lipinski definition) is 4. The van der Waals surface area contributed by atoms with E-state index in [1.165, 1.54) is 5.56 Å². The first-order chi connectivity index (χ1) is 8.16. The first kappa shape index (κ1) is 11.4. The molecule has 17 heavy (non-hydrogen) atoms. The van der Waals surface area contributed by atoms with Gasteiger partial charge in [-0.05, 0) is 36.2 Å². The Morgan fingerprint density at radius 1 is 1.29 bits per heavy atom. The minimum Gasteiger partial charge on any atom is -0.396 e. The van der Waals surface area contributed by atoms with Gasteiger partial charge in [-0.1, -0.05) is 0 Å². The fourth-order valence-electron chi connectivity index (χ4n) is 1.74. The first-order valence-corrected chi connectivity index (χ1v) is 5.49. The third-order valence-electron chi connectivity index (χ3n) is 2.56. The van der Waals surface area contributed by atoms with E-state index in [9.17, 15) is 0 Å². The maximum Gasteiger partial charge on any atom is 0.151 e. The van der Waals surface area contributed by atoms with E-state index < -0.39 is 0 Å². The zero-order valence-electron chi connectivity index (χ0n) is 10.1. The van der Waals surface area contributed by atoms with Crippen LogP contribution >= 0.6 is 0 Å². The number of aryl methyl sites for hydroxylation is 1. The average molecular weight is 228 g/mol. The lowest BCUT2D eigenvalue weighted by Crippen LogP contribution is -2.19. The van der Waals surface area contributed by atoms with Gasteiger partial charge < -0.3 is 10.6 Å². The molecule has 2 heterocycles. The fourth-order valence-corrected chi connectivity index (χ4v) is 1.74. The molecular weight excluding hydrogens is 212 g/mol. The van der Waals surface area contributed by atoms with Crippen molar-refractivity contribution < 1.29 is 0 Å². The zero-order valence-corrected chi connectivity index (χ0v) is 10.1. The summed E-state index contributed by atoms with van der Waals surface area (Å²) in [5, 5.41) is 0. The third kappa shape index (κ3) is 2.72. The van der Waals surface area contributed by atoms with Crippen LogP contribution in [0, 0.1) is 6.92 Å². The molecule has 0 radical (unpaired) electrons. The number of rotatable bonds is 3. The topological polar surface area (TPSA) is 55.0 Å². The quantitative estimate of drug-likeness (QED) is 0.873. The van der Waals surface area contributed by atoms with Gasteiger partial charge in [0.05, 0.1) is 5.69 Å². The first-order valence-electron chi connectivity index (χ1n) is 5.49. The summed E-state index contributed by atoms with van der Waals surface area (Å²) >= 11 is 0. The van der Waals surface area contributed by atoms with Gasteiger partial charge in [0, 0.05) is 32.2 Å². The molecular formula is C13H16N4. The van der Waals surface area contributed by atoms with E-state index in [0.29, 0.717) is 5.69 Å². The Balaban J connectivity index is 2.17. The molecule has 2 N–H and O–H groups in total. The SMILES string of the molecule is Cc1cnc(N(C)Cc2ccncc2)c(N)c1. The Morgan fingerprint density at radius 2 is 2.00 bits per heavy atom. The lowest BCUT2D eigenvalue weighted by molar-refractivity contribution is 0.896. The number of aromatic nitrogens is 2. The summed E-state index contributed by atoms with van der Waals surface area (Å²) in [6.07, 6.45) is 5.40. The van der Waals surface area contributed by atoms with Gasteiger partial charge >= 0.3 is 0 Å². The monoisotopic (exact) mass is 228 g/mol. The highest BCUT2D eigenvalue weighted by atomic mass is 15.2. The van der Waals surface area contributed by atoms with E-state index in [-0.39, 0.29) is 0 Å². The van der Waals surface area contributed by atoms with Crippen molar-refractivity contribution in [3.63, 3.8) is 0 Å². The summed E-state index contributed by atoms with van der Waals surface area (Å²) in [7, 11) is 1.98. The van der Waals surface area contributed by atoms with Gasteiger partial charge in [0.1, 0.15) is 0 Å². The Morgan fingerprint density at radius 3 is 2.65 bits per heavy atom. The highest BCUT2D eigenvalue weighted by Crippen LogP contribution is 2.21. The van der Waals surface area contributed by atoms with E-state index >= 15 is 0 Å². The number of nitrogens with zero attached hydrogens (tertiary/aromatic N) is 3. The van der Waals surface area contributed by atoms with E-state index in [0.717, 1.165) is 17.9 Å². The second-order valence-electron chi connectivity index (χ2n) is 4.14. The molecule has 0 atom stereocenters. The van der Waals surface area contributed by atoms with Crippen LogP contribution in [0.4, 0.5) is 11.5 Å². The molecule has 2 aromatic heterocycles. The largest absolute Gasteiger partial charge is 0.396 e. The van der Waals surface area contributed by atoms with E-state index in [2.05, 4.69) is 9.97 Å². The van der Waals surface area contributed by atoms with Crippen LogP contribution < -0.4 is 10.6 Å². The van der Waals surface area contributed by atoms with Gasteiger partial charge in [0.25, 0.3) is 0 Å². The van der Waals surface area contributed by atoms with Crippen LogP contribution in [0.15, 0.2) is 36.8 Å². The van der Waals surface area contributed by atoms with Crippen molar-refractivity contribution in [3.05, 3.63) is 47.9 Å². The minimum absolute atomic E-state index is 0.710. The van der Waals surface area contributed by atoms with E-state index in [1.54, 1.807) is 12.4 Å². The third-order valence-corrected chi connectivity index (χ3v) is 2.56. The van der Waals surface area contributed by atoms with Gasteiger partial charge in [0.15, 0.2) is 5.82 Å². The number of hydrogen-bond donors (Lipinski definition) is 1. The Bertz CT molecular complexity index is 496. The predicted octanol–water partition coefficient (Wildman–Crippen LogP) is 2.00. The van der Waals surface area contributed by atoms with Crippen LogP contribution in [0.2, 0.25) is 0 Å². The molecule has 0 fully saturated rings. The molecule has 0 saturated carbocycles. The highest BCUT2D eigenvalue weighted by Gasteiger charge is 2.07. The lowest BCUT2D eigenvalue weighted by Gasteiger charge is -2.20. The second-order valence-corrected chi connectivity index (χ2v) is 4.14. The smallest absolute Gasteiger partial charge is 0.151 e. The lowest BCUT2D eigenvalue weighted by atomic mass is 10.2. The highest BCUT2D eigenvalue weighted by molar-refractivity contribution is 5.62. The molecule has 4 heteroatoms. The summed E-state index contributed by atoms with van der Waals surface area (Å²) in [5.74, 6) is 0.812. The molecule has 2 rings (SSSR count). The summed E-state index contributed by atoms with van der Waals surface area (Å²) in [4.78, 5) is 10.4. The molecule has 0 aromatic carbocycles. The maximum atomic E-state index is 5.96. The molecule has 0 aliphatic rings. The molecule has 0 aliphatic carbocycles. The zero-order chi connectivity index (χ0) is 12.3. The summed E-state index contributed by atoms with van der Waals surface area (Å²) in [6.45, 7) is 2.75. The normalized spacial score (nSPS) is 10.2. The fraction of sp³-hybridized carbons (Fsp3) is 0.231. The number of nitrogens with two attached hydrogens (primary N) is 1. The van der Waals surface area contributed by atoms with Crippen molar-refractivity contribution >= 4 is 11.5 Å². The molecule has 0 amide bonds. The van der Waals surface area contributed by atoms with Gasteiger partial charge in [-0.2, -0.15) is 0 Å². The van der Waals surface area contributed by atoms with Crippen LogP contribution in [0.5, 0.6) is 0 Å². The van der Waals surface area contributed by atoms with Crippen molar-refractivity contribution in [2.75, 3.05) is 17.7 Å². The van der Waals surface area contributed by atoms with E-state index in [4.69, 9.17) is 5.73 Å². The Labute approximate surface area is 101 Å². The molecule has 88 valence electrons. The van der Waals surface area contributed by atoms with Crippen LogP contribution in [0.3, 0.4) is 0 Å².